The summed E-state index contributed by atoms with van der Waals surface area (Å²) in [5, 5.41) is 0. The number of rotatable bonds is 0. The van der Waals surface area contributed by atoms with E-state index in [-0.39, 0.29) is 0 Å². The lowest BCUT2D eigenvalue weighted by molar-refractivity contribution is -0.0153. The van der Waals surface area contributed by atoms with E-state index in [1.54, 1.807) is 0 Å². The van der Waals surface area contributed by atoms with E-state index in [2.05, 4.69) is 27.7 Å². The molecule has 1 heteroatoms. The van der Waals surface area contributed by atoms with Crippen molar-refractivity contribution in [1.29, 1.82) is 0 Å². The fraction of sp³-hybridized carbons (Fsp3) is 1.00. The molecule has 1 rings (SSSR count). The minimum Gasteiger partial charge on any atom is -0.381 e. The highest BCUT2D eigenvalue weighted by Crippen LogP contribution is 2.36. The summed E-state index contributed by atoms with van der Waals surface area (Å²) in [7, 11) is 0. The first-order valence-electron chi connectivity index (χ1n) is 4.59. The average Bonchev–Trinajstić information content (AvgIpc) is 1.86. The molecule has 2 atom stereocenters. The molecule has 0 saturated carbocycles. The first-order valence-corrected chi connectivity index (χ1v) is 4.59. The first-order chi connectivity index (χ1) is 5.02. The number of ether oxygens (including phenoxy) is 1. The monoisotopic (exact) mass is 156 g/mol. The molecule has 0 bridgehead atoms. The first kappa shape index (κ1) is 9.05. The van der Waals surface area contributed by atoms with Crippen molar-refractivity contribution in [2.45, 2.75) is 34.1 Å². The predicted molar refractivity (Wildman–Crippen MR) is 47.5 cm³/mol. The highest BCUT2D eigenvalue weighted by atomic mass is 16.5. The van der Waals surface area contributed by atoms with Crippen LogP contribution in [0.2, 0.25) is 0 Å². The molecule has 0 aliphatic carbocycles. The second-order valence-corrected chi connectivity index (χ2v) is 4.81. The van der Waals surface area contributed by atoms with Crippen molar-refractivity contribution >= 4 is 0 Å². The molecule has 0 aromatic rings. The minimum absolute atomic E-state index is 0.462. The molecule has 0 amide bonds. The second-order valence-electron chi connectivity index (χ2n) is 4.81. The molecule has 0 radical (unpaired) electrons. The van der Waals surface area contributed by atoms with Gasteiger partial charge in [0.05, 0.1) is 0 Å². The van der Waals surface area contributed by atoms with Crippen LogP contribution in [-0.4, -0.2) is 13.2 Å². The maximum absolute atomic E-state index is 5.41. The van der Waals surface area contributed by atoms with Gasteiger partial charge in [-0.25, -0.2) is 0 Å². The molecule has 11 heavy (non-hydrogen) atoms. The van der Waals surface area contributed by atoms with E-state index < -0.39 is 0 Å². The topological polar surface area (TPSA) is 9.23 Å². The summed E-state index contributed by atoms with van der Waals surface area (Å²) in [5.41, 5.74) is 0.462. The van der Waals surface area contributed by atoms with Gasteiger partial charge < -0.3 is 4.74 Å². The van der Waals surface area contributed by atoms with Crippen molar-refractivity contribution in [2.75, 3.05) is 13.2 Å². The van der Waals surface area contributed by atoms with Crippen LogP contribution in [0.15, 0.2) is 0 Å². The van der Waals surface area contributed by atoms with Crippen molar-refractivity contribution < 1.29 is 4.74 Å². The molecule has 1 aliphatic heterocycles. The third-order valence-electron chi connectivity index (χ3n) is 2.75. The third-order valence-corrected chi connectivity index (χ3v) is 2.75. The molecule has 66 valence electrons. The molecule has 1 saturated heterocycles. The van der Waals surface area contributed by atoms with Crippen LogP contribution in [0.4, 0.5) is 0 Å². The molecule has 2 unspecified atom stereocenters. The molecule has 0 aromatic carbocycles. The van der Waals surface area contributed by atoms with Gasteiger partial charge in [-0.3, -0.25) is 0 Å². The molecule has 0 aromatic heterocycles. The maximum atomic E-state index is 5.41. The van der Waals surface area contributed by atoms with Crippen LogP contribution in [0.1, 0.15) is 34.1 Å². The van der Waals surface area contributed by atoms with Gasteiger partial charge in [0.2, 0.25) is 0 Å². The van der Waals surface area contributed by atoms with Gasteiger partial charge in [-0.05, 0) is 23.7 Å². The quantitative estimate of drug-likeness (QED) is 0.524. The van der Waals surface area contributed by atoms with Crippen molar-refractivity contribution in [3.63, 3.8) is 0 Å². The Morgan fingerprint density at radius 1 is 1.27 bits per heavy atom. The van der Waals surface area contributed by atoms with E-state index in [9.17, 15) is 0 Å². The third kappa shape index (κ3) is 2.19. The molecule has 1 heterocycles. The van der Waals surface area contributed by atoms with Crippen LogP contribution >= 0.6 is 0 Å². The molecular formula is C10H20O. The Kier molecular flexibility index (Phi) is 2.58. The standard InChI is InChI=1S/C10H20O/c1-8-7-11-6-5-9(8)10(2,3)4/h8-9H,5-7H2,1-4H3. The van der Waals surface area contributed by atoms with Gasteiger partial charge >= 0.3 is 0 Å². The summed E-state index contributed by atoms with van der Waals surface area (Å²) in [5.74, 6) is 1.58. The Balaban J connectivity index is 2.55. The Morgan fingerprint density at radius 3 is 2.27 bits per heavy atom. The van der Waals surface area contributed by atoms with Gasteiger partial charge in [0.1, 0.15) is 0 Å². The molecule has 0 spiro atoms. The number of hydrogen-bond donors (Lipinski definition) is 0. The van der Waals surface area contributed by atoms with Crippen LogP contribution < -0.4 is 0 Å². The molecule has 0 N–H and O–H groups in total. The highest BCUT2D eigenvalue weighted by molar-refractivity contribution is 4.80. The van der Waals surface area contributed by atoms with Crippen LogP contribution in [0.3, 0.4) is 0 Å². The normalized spacial score (nSPS) is 33.8. The Bertz CT molecular complexity index is 123. The summed E-state index contributed by atoms with van der Waals surface area (Å²) in [6.07, 6.45) is 1.24. The Hall–Kier alpha value is -0.0400. The highest BCUT2D eigenvalue weighted by Gasteiger charge is 2.31. The van der Waals surface area contributed by atoms with E-state index in [0.29, 0.717) is 5.41 Å². The van der Waals surface area contributed by atoms with Gasteiger partial charge in [-0.15, -0.1) is 0 Å². The van der Waals surface area contributed by atoms with Gasteiger partial charge in [0.15, 0.2) is 0 Å². The SMILES string of the molecule is CC1COCCC1C(C)(C)C. The van der Waals surface area contributed by atoms with E-state index in [1.165, 1.54) is 6.42 Å². The Morgan fingerprint density at radius 2 is 1.91 bits per heavy atom. The van der Waals surface area contributed by atoms with E-state index in [1.807, 2.05) is 0 Å². The summed E-state index contributed by atoms with van der Waals surface area (Å²) in [6, 6.07) is 0. The molecular weight excluding hydrogens is 136 g/mol. The number of hydrogen-bond acceptors (Lipinski definition) is 1. The fourth-order valence-electron chi connectivity index (χ4n) is 2.17. The predicted octanol–water partition coefficient (Wildman–Crippen LogP) is 2.71. The lowest BCUT2D eigenvalue weighted by Gasteiger charge is -2.38. The van der Waals surface area contributed by atoms with Crippen molar-refractivity contribution in [3.8, 4) is 0 Å². The van der Waals surface area contributed by atoms with Gasteiger partial charge in [0.25, 0.3) is 0 Å². The van der Waals surface area contributed by atoms with Gasteiger partial charge in [0, 0.05) is 13.2 Å². The van der Waals surface area contributed by atoms with Crippen LogP contribution in [0, 0.1) is 17.3 Å². The van der Waals surface area contributed by atoms with Crippen molar-refractivity contribution in [3.05, 3.63) is 0 Å². The maximum Gasteiger partial charge on any atom is 0.0494 e. The molecule has 1 nitrogen and oxygen atoms in total. The van der Waals surface area contributed by atoms with Crippen LogP contribution in [0.25, 0.3) is 0 Å². The van der Waals surface area contributed by atoms with Gasteiger partial charge in [-0.1, -0.05) is 27.7 Å². The fourth-order valence-corrected chi connectivity index (χ4v) is 2.17. The van der Waals surface area contributed by atoms with Crippen molar-refractivity contribution in [2.24, 2.45) is 17.3 Å². The van der Waals surface area contributed by atoms with E-state index >= 15 is 0 Å². The van der Waals surface area contributed by atoms with Crippen LogP contribution in [-0.2, 0) is 4.74 Å². The zero-order valence-corrected chi connectivity index (χ0v) is 8.18. The van der Waals surface area contributed by atoms with Crippen molar-refractivity contribution in [1.82, 2.24) is 0 Å². The lowest BCUT2D eigenvalue weighted by Crippen LogP contribution is -2.34. The van der Waals surface area contributed by atoms with Gasteiger partial charge in [-0.2, -0.15) is 0 Å². The summed E-state index contributed by atoms with van der Waals surface area (Å²) in [4.78, 5) is 0. The minimum atomic E-state index is 0.462. The molecule has 1 fully saturated rings. The summed E-state index contributed by atoms with van der Waals surface area (Å²) in [6.45, 7) is 11.2. The zero-order chi connectivity index (χ0) is 8.48. The largest absolute Gasteiger partial charge is 0.381 e. The molecule has 1 aliphatic rings. The summed E-state index contributed by atoms with van der Waals surface area (Å²) >= 11 is 0. The lowest BCUT2D eigenvalue weighted by atomic mass is 9.71. The average molecular weight is 156 g/mol. The second kappa shape index (κ2) is 3.14. The summed E-state index contributed by atoms with van der Waals surface area (Å²) < 4.78 is 5.41. The smallest absolute Gasteiger partial charge is 0.0494 e. The Labute approximate surface area is 70.1 Å². The van der Waals surface area contributed by atoms with E-state index in [4.69, 9.17) is 4.74 Å². The zero-order valence-electron chi connectivity index (χ0n) is 8.18. The van der Waals surface area contributed by atoms with Crippen LogP contribution in [0.5, 0.6) is 0 Å². The van der Waals surface area contributed by atoms with E-state index in [0.717, 1.165) is 25.0 Å².